The van der Waals surface area contributed by atoms with Crippen LogP contribution in [-0.4, -0.2) is 22.4 Å². The molecule has 0 aliphatic carbocycles. The van der Waals surface area contributed by atoms with Crippen molar-refractivity contribution in [2.45, 2.75) is 13.0 Å². The van der Waals surface area contributed by atoms with E-state index in [1.807, 2.05) is 35.9 Å². The summed E-state index contributed by atoms with van der Waals surface area (Å²) in [4.78, 5) is 24.7. The van der Waals surface area contributed by atoms with Crippen LogP contribution in [0.4, 0.5) is 4.39 Å². The predicted octanol–water partition coefficient (Wildman–Crippen LogP) is 3.75. The van der Waals surface area contributed by atoms with Crippen molar-refractivity contribution < 1.29 is 18.7 Å². The molecule has 0 bridgehead atoms. The van der Waals surface area contributed by atoms with Gasteiger partial charge >= 0.3 is 5.97 Å². The van der Waals surface area contributed by atoms with Crippen LogP contribution in [0.3, 0.4) is 0 Å². The minimum Gasteiger partial charge on any atom is -0.451 e. The monoisotopic (exact) mass is 325 g/mol. The van der Waals surface area contributed by atoms with E-state index in [4.69, 9.17) is 4.74 Å². The molecule has 2 aromatic carbocycles. The lowest BCUT2D eigenvalue weighted by Crippen LogP contribution is -2.24. The van der Waals surface area contributed by atoms with Crippen LogP contribution in [-0.2, 0) is 11.8 Å². The zero-order valence-corrected chi connectivity index (χ0v) is 13.3. The van der Waals surface area contributed by atoms with E-state index in [9.17, 15) is 14.0 Å². The molecule has 1 unspecified atom stereocenters. The van der Waals surface area contributed by atoms with Crippen molar-refractivity contribution >= 4 is 22.7 Å². The highest BCUT2D eigenvalue weighted by Gasteiger charge is 2.22. The Morgan fingerprint density at radius 3 is 2.46 bits per heavy atom. The minimum atomic E-state index is -0.957. The Hall–Kier alpha value is -2.95. The van der Waals surface area contributed by atoms with Gasteiger partial charge in [-0.2, -0.15) is 0 Å². The lowest BCUT2D eigenvalue weighted by molar-refractivity contribution is 0.0320. The summed E-state index contributed by atoms with van der Waals surface area (Å²) < 4.78 is 20.1. The van der Waals surface area contributed by atoms with Gasteiger partial charge < -0.3 is 9.30 Å². The molecule has 0 aliphatic rings. The number of aromatic nitrogens is 1. The van der Waals surface area contributed by atoms with Gasteiger partial charge in [0.1, 0.15) is 5.82 Å². The molecule has 5 heteroatoms. The second-order valence-corrected chi connectivity index (χ2v) is 5.59. The maximum absolute atomic E-state index is 12.9. The number of carbonyl (C=O) groups is 2. The van der Waals surface area contributed by atoms with E-state index < -0.39 is 17.9 Å². The number of halogens is 1. The lowest BCUT2D eigenvalue weighted by Gasteiger charge is -2.12. The third kappa shape index (κ3) is 2.93. The number of Topliss-reactive ketones (excluding diaryl/α,β-unsaturated/α-hetero) is 1. The number of rotatable bonds is 4. The molecule has 0 saturated heterocycles. The Morgan fingerprint density at radius 2 is 1.75 bits per heavy atom. The van der Waals surface area contributed by atoms with E-state index in [0.29, 0.717) is 11.1 Å². The molecule has 1 heterocycles. The topological polar surface area (TPSA) is 48.3 Å². The van der Waals surface area contributed by atoms with E-state index in [1.54, 1.807) is 6.20 Å². The van der Waals surface area contributed by atoms with E-state index in [0.717, 1.165) is 10.9 Å². The molecule has 1 aromatic heterocycles. The fourth-order valence-electron chi connectivity index (χ4n) is 2.63. The Morgan fingerprint density at radius 1 is 1.08 bits per heavy atom. The number of ketones is 1. The fourth-order valence-corrected chi connectivity index (χ4v) is 2.63. The Balaban J connectivity index is 1.80. The SMILES string of the molecule is CC(OC(=O)c1cn(C)c2ccccc12)C(=O)c1ccc(F)cc1. The number of esters is 1. The molecule has 24 heavy (non-hydrogen) atoms. The van der Waals surface area contributed by atoms with Crippen molar-refractivity contribution in [1.82, 2.24) is 4.57 Å². The van der Waals surface area contributed by atoms with Crippen molar-refractivity contribution in [2.24, 2.45) is 7.05 Å². The first-order chi connectivity index (χ1) is 11.5. The lowest BCUT2D eigenvalue weighted by atomic mass is 10.1. The number of benzene rings is 2. The highest BCUT2D eigenvalue weighted by Crippen LogP contribution is 2.21. The average Bonchev–Trinajstić information content (AvgIpc) is 2.92. The van der Waals surface area contributed by atoms with Crippen molar-refractivity contribution in [1.29, 1.82) is 0 Å². The number of ether oxygens (including phenoxy) is 1. The van der Waals surface area contributed by atoms with Gasteiger partial charge in [0.15, 0.2) is 6.10 Å². The molecule has 0 amide bonds. The standard InChI is InChI=1S/C19H16FNO3/c1-12(18(22)13-7-9-14(20)10-8-13)24-19(23)16-11-21(2)17-6-4-3-5-15(16)17/h3-12H,1-2H3. The first-order valence-corrected chi connectivity index (χ1v) is 7.52. The quantitative estimate of drug-likeness (QED) is 0.542. The van der Waals surface area contributed by atoms with E-state index in [2.05, 4.69) is 0 Å². The molecular formula is C19H16FNO3. The van der Waals surface area contributed by atoms with Crippen LogP contribution in [0.5, 0.6) is 0 Å². The van der Waals surface area contributed by atoms with Gasteiger partial charge in [-0.05, 0) is 37.3 Å². The molecule has 1 atom stereocenters. The zero-order chi connectivity index (χ0) is 17.3. The predicted molar refractivity (Wildman–Crippen MR) is 88.5 cm³/mol. The number of fused-ring (bicyclic) bond motifs is 1. The smallest absolute Gasteiger partial charge is 0.341 e. The second kappa shape index (κ2) is 6.28. The largest absolute Gasteiger partial charge is 0.451 e. The van der Waals surface area contributed by atoms with Gasteiger partial charge in [-0.3, -0.25) is 4.79 Å². The van der Waals surface area contributed by atoms with Crippen LogP contribution < -0.4 is 0 Å². The van der Waals surface area contributed by atoms with Gasteiger partial charge in [-0.25, -0.2) is 9.18 Å². The third-order valence-corrected chi connectivity index (χ3v) is 3.90. The summed E-state index contributed by atoms with van der Waals surface area (Å²) >= 11 is 0. The van der Waals surface area contributed by atoms with Crippen molar-refractivity contribution in [3.8, 4) is 0 Å². The van der Waals surface area contributed by atoms with Gasteiger partial charge in [0.05, 0.1) is 5.56 Å². The zero-order valence-electron chi connectivity index (χ0n) is 13.3. The van der Waals surface area contributed by atoms with Crippen molar-refractivity contribution in [3.05, 3.63) is 71.7 Å². The maximum atomic E-state index is 12.9. The number of carbonyl (C=O) groups excluding carboxylic acids is 2. The molecule has 3 rings (SSSR count). The van der Waals surface area contributed by atoms with Crippen LogP contribution >= 0.6 is 0 Å². The van der Waals surface area contributed by atoms with E-state index >= 15 is 0 Å². The van der Waals surface area contributed by atoms with Gasteiger partial charge in [0.25, 0.3) is 0 Å². The molecule has 0 fully saturated rings. The van der Waals surface area contributed by atoms with Gasteiger partial charge in [0, 0.05) is 29.7 Å². The van der Waals surface area contributed by atoms with Crippen LogP contribution in [0.1, 0.15) is 27.6 Å². The fraction of sp³-hybridized carbons (Fsp3) is 0.158. The molecule has 0 N–H and O–H groups in total. The van der Waals surface area contributed by atoms with E-state index in [-0.39, 0.29) is 5.78 Å². The Kier molecular flexibility index (Phi) is 4.16. The molecule has 0 spiro atoms. The first-order valence-electron chi connectivity index (χ1n) is 7.52. The average molecular weight is 325 g/mol. The summed E-state index contributed by atoms with van der Waals surface area (Å²) in [5, 5.41) is 0.770. The summed E-state index contributed by atoms with van der Waals surface area (Å²) in [5.74, 6) is -1.36. The van der Waals surface area contributed by atoms with Crippen LogP contribution in [0, 0.1) is 5.82 Å². The van der Waals surface area contributed by atoms with Crippen molar-refractivity contribution in [2.75, 3.05) is 0 Å². The Bertz CT molecular complexity index is 912. The summed E-state index contributed by atoms with van der Waals surface area (Å²) in [6, 6.07) is 12.6. The number of aryl methyl sites for hydroxylation is 1. The van der Waals surface area contributed by atoms with Gasteiger partial charge in [0.2, 0.25) is 5.78 Å². The summed E-state index contributed by atoms with van der Waals surface area (Å²) in [7, 11) is 1.84. The highest BCUT2D eigenvalue weighted by atomic mass is 19.1. The minimum absolute atomic E-state index is 0.301. The number of para-hydroxylation sites is 1. The summed E-state index contributed by atoms with van der Waals surface area (Å²) in [5.41, 5.74) is 1.61. The van der Waals surface area contributed by atoms with Gasteiger partial charge in [-0.15, -0.1) is 0 Å². The molecule has 0 saturated carbocycles. The maximum Gasteiger partial charge on any atom is 0.341 e. The number of nitrogens with zero attached hydrogens (tertiary/aromatic N) is 1. The molecule has 4 nitrogen and oxygen atoms in total. The molecule has 3 aromatic rings. The molecule has 0 aliphatic heterocycles. The van der Waals surface area contributed by atoms with E-state index in [1.165, 1.54) is 31.2 Å². The number of hydrogen-bond acceptors (Lipinski definition) is 3. The van der Waals surface area contributed by atoms with Crippen LogP contribution in [0.2, 0.25) is 0 Å². The second-order valence-electron chi connectivity index (χ2n) is 5.59. The van der Waals surface area contributed by atoms with Crippen LogP contribution in [0.25, 0.3) is 10.9 Å². The highest BCUT2D eigenvalue weighted by molar-refractivity contribution is 6.06. The Labute approximate surface area is 138 Å². The first kappa shape index (κ1) is 15.9. The van der Waals surface area contributed by atoms with Crippen molar-refractivity contribution in [3.63, 3.8) is 0 Å². The number of hydrogen-bond donors (Lipinski definition) is 0. The normalized spacial score (nSPS) is 12.1. The molecule has 0 radical (unpaired) electrons. The van der Waals surface area contributed by atoms with Gasteiger partial charge in [-0.1, -0.05) is 18.2 Å². The third-order valence-electron chi connectivity index (χ3n) is 3.90. The summed E-state index contributed by atoms with van der Waals surface area (Å²) in [6.07, 6.45) is 0.726. The molecule has 122 valence electrons. The van der Waals surface area contributed by atoms with Crippen LogP contribution in [0.15, 0.2) is 54.7 Å². The summed E-state index contributed by atoms with van der Waals surface area (Å²) in [6.45, 7) is 1.51. The molecular weight excluding hydrogens is 309 g/mol.